The number of para-hydroxylation sites is 1. The number of ether oxygens (including phenoxy) is 2. The van der Waals surface area contributed by atoms with Crippen LogP contribution in [0.2, 0.25) is 0 Å². The molecule has 5 nitrogen and oxygen atoms in total. The Labute approximate surface area is 130 Å². The molecule has 0 saturated carbocycles. The molecule has 1 rings (SSSR count). The molecule has 0 aliphatic heterocycles. The van der Waals surface area contributed by atoms with E-state index in [2.05, 4.69) is 0 Å². The van der Waals surface area contributed by atoms with Gasteiger partial charge < -0.3 is 9.47 Å². The minimum atomic E-state index is -3.91. The first-order valence-corrected chi connectivity index (χ1v) is 6.82. The molecule has 0 amide bonds. The van der Waals surface area contributed by atoms with Crippen molar-refractivity contribution in [1.29, 1.82) is 0 Å². The molecule has 1 aromatic rings. The van der Waals surface area contributed by atoms with Crippen LogP contribution < -0.4 is 4.74 Å². The van der Waals surface area contributed by atoms with Crippen molar-refractivity contribution in [2.24, 2.45) is 0 Å². The molecule has 0 saturated heterocycles. The second kappa shape index (κ2) is 8.90. The zero-order chi connectivity index (χ0) is 12.7. The SMILES string of the molecule is COC(CCCS(=O)(=O)O)Oc1ccccc1.[NaH]. The Morgan fingerprint density at radius 1 is 1.28 bits per heavy atom. The van der Waals surface area contributed by atoms with E-state index in [0.717, 1.165) is 0 Å². The van der Waals surface area contributed by atoms with Gasteiger partial charge in [-0.2, -0.15) is 8.42 Å². The summed E-state index contributed by atoms with van der Waals surface area (Å²) in [6.45, 7) is 0. The summed E-state index contributed by atoms with van der Waals surface area (Å²) in [5, 5.41) is 0. The van der Waals surface area contributed by atoms with Crippen LogP contribution in [0.5, 0.6) is 5.75 Å². The third-order valence-electron chi connectivity index (χ3n) is 2.12. The molecule has 18 heavy (non-hydrogen) atoms. The first-order valence-electron chi connectivity index (χ1n) is 5.21. The average molecular weight is 284 g/mol. The first-order chi connectivity index (χ1) is 8.01. The minimum absolute atomic E-state index is 0. The molecule has 1 N–H and O–H groups in total. The summed E-state index contributed by atoms with van der Waals surface area (Å²) in [7, 11) is -2.42. The Bertz CT molecular complexity index is 420. The summed E-state index contributed by atoms with van der Waals surface area (Å²) in [4.78, 5) is 0. The summed E-state index contributed by atoms with van der Waals surface area (Å²) < 4.78 is 40.2. The summed E-state index contributed by atoms with van der Waals surface area (Å²) >= 11 is 0. The van der Waals surface area contributed by atoms with E-state index >= 15 is 0 Å². The van der Waals surface area contributed by atoms with Crippen molar-refractivity contribution >= 4 is 39.7 Å². The Morgan fingerprint density at radius 2 is 1.89 bits per heavy atom. The monoisotopic (exact) mass is 284 g/mol. The molecular formula is C11H17NaO5S. The van der Waals surface area contributed by atoms with Crippen LogP contribution in [0.4, 0.5) is 0 Å². The van der Waals surface area contributed by atoms with Crippen LogP contribution >= 0.6 is 0 Å². The topological polar surface area (TPSA) is 72.8 Å². The van der Waals surface area contributed by atoms with E-state index in [0.29, 0.717) is 12.2 Å². The summed E-state index contributed by atoms with van der Waals surface area (Å²) in [6, 6.07) is 9.11. The van der Waals surface area contributed by atoms with Crippen molar-refractivity contribution in [2.75, 3.05) is 12.9 Å². The molecule has 0 aliphatic rings. The van der Waals surface area contributed by atoms with Crippen molar-refractivity contribution in [3.8, 4) is 5.75 Å². The van der Waals surface area contributed by atoms with Crippen molar-refractivity contribution < 1.29 is 22.4 Å². The van der Waals surface area contributed by atoms with E-state index in [1.165, 1.54) is 7.11 Å². The van der Waals surface area contributed by atoms with Gasteiger partial charge in [-0.1, -0.05) is 18.2 Å². The molecule has 1 aromatic carbocycles. The second-order valence-corrected chi connectivity index (χ2v) is 5.10. The zero-order valence-electron chi connectivity index (χ0n) is 9.57. The van der Waals surface area contributed by atoms with Gasteiger partial charge in [-0.05, 0) is 18.6 Å². The molecule has 0 heterocycles. The average Bonchev–Trinajstić information content (AvgIpc) is 2.27. The van der Waals surface area contributed by atoms with E-state index in [9.17, 15) is 8.42 Å². The third-order valence-corrected chi connectivity index (χ3v) is 2.92. The molecule has 0 fully saturated rings. The second-order valence-electron chi connectivity index (χ2n) is 3.52. The molecule has 0 radical (unpaired) electrons. The fourth-order valence-electron chi connectivity index (χ4n) is 1.31. The van der Waals surface area contributed by atoms with Gasteiger partial charge in [-0.15, -0.1) is 0 Å². The first kappa shape index (κ1) is 17.9. The van der Waals surface area contributed by atoms with Gasteiger partial charge in [0.2, 0.25) is 0 Å². The van der Waals surface area contributed by atoms with E-state index in [1.807, 2.05) is 18.2 Å². The van der Waals surface area contributed by atoms with Crippen LogP contribution in [-0.2, 0) is 14.9 Å². The summed E-state index contributed by atoms with van der Waals surface area (Å²) in [5.41, 5.74) is 0. The third kappa shape index (κ3) is 8.07. The fraction of sp³-hybridized carbons (Fsp3) is 0.455. The summed E-state index contributed by atoms with van der Waals surface area (Å²) in [5.74, 6) is 0.372. The summed E-state index contributed by atoms with van der Waals surface area (Å²) in [6.07, 6.45) is 0.161. The van der Waals surface area contributed by atoms with Crippen molar-refractivity contribution in [3.63, 3.8) is 0 Å². The molecule has 1 unspecified atom stereocenters. The predicted octanol–water partition coefficient (Wildman–Crippen LogP) is 1.06. The number of benzene rings is 1. The quantitative estimate of drug-likeness (QED) is 0.460. The fourth-order valence-corrected chi connectivity index (χ4v) is 1.84. The number of hydrogen-bond acceptors (Lipinski definition) is 4. The predicted molar refractivity (Wildman–Crippen MR) is 70.7 cm³/mol. The van der Waals surface area contributed by atoms with Gasteiger partial charge in [-0.25, -0.2) is 0 Å². The standard InChI is InChI=1S/C11H16O5S.Na.H/c1-15-11(8-5-9-17(12,13)14)16-10-6-3-2-4-7-10;;/h2-4,6-7,11H,5,8-9H2,1H3,(H,12,13,14);;. The number of methoxy groups -OCH3 is 1. The molecule has 0 bridgehead atoms. The van der Waals surface area contributed by atoms with E-state index in [-0.39, 0.29) is 41.7 Å². The number of rotatable bonds is 7. The van der Waals surface area contributed by atoms with Crippen LogP contribution in [0.15, 0.2) is 30.3 Å². The zero-order valence-corrected chi connectivity index (χ0v) is 10.4. The van der Waals surface area contributed by atoms with Gasteiger partial charge in [0.05, 0.1) is 5.75 Å². The number of hydrogen-bond donors (Lipinski definition) is 1. The maximum atomic E-state index is 10.5. The van der Waals surface area contributed by atoms with Gasteiger partial charge in [0, 0.05) is 13.5 Å². The van der Waals surface area contributed by atoms with Gasteiger partial charge >= 0.3 is 29.6 Å². The van der Waals surface area contributed by atoms with E-state index in [1.54, 1.807) is 12.1 Å². The molecule has 7 heteroatoms. The Balaban J connectivity index is 0.00000289. The Hall–Kier alpha value is -0.110. The van der Waals surface area contributed by atoms with Crippen molar-refractivity contribution in [1.82, 2.24) is 0 Å². The molecule has 0 aliphatic carbocycles. The van der Waals surface area contributed by atoms with Gasteiger partial charge in [0.15, 0.2) is 6.29 Å². The van der Waals surface area contributed by atoms with Crippen LogP contribution in [-0.4, -0.2) is 61.7 Å². The van der Waals surface area contributed by atoms with E-state index < -0.39 is 16.4 Å². The van der Waals surface area contributed by atoms with Gasteiger partial charge in [-0.3, -0.25) is 4.55 Å². The van der Waals surface area contributed by atoms with Crippen molar-refractivity contribution in [2.45, 2.75) is 19.1 Å². The Kier molecular flexibility index (Phi) is 8.85. The van der Waals surface area contributed by atoms with Crippen LogP contribution in [0.25, 0.3) is 0 Å². The molecule has 0 aromatic heterocycles. The normalized spacial score (nSPS) is 12.6. The van der Waals surface area contributed by atoms with Crippen LogP contribution in [0, 0.1) is 0 Å². The molecule has 1 atom stereocenters. The Morgan fingerprint density at radius 3 is 2.39 bits per heavy atom. The molecule has 0 spiro atoms. The van der Waals surface area contributed by atoms with Gasteiger partial charge in [0.1, 0.15) is 5.75 Å². The molecular weight excluding hydrogens is 267 g/mol. The molecule has 98 valence electrons. The van der Waals surface area contributed by atoms with Gasteiger partial charge in [0.25, 0.3) is 10.1 Å². The van der Waals surface area contributed by atoms with Crippen LogP contribution in [0.3, 0.4) is 0 Å². The van der Waals surface area contributed by atoms with E-state index in [4.69, 9.17) is 14.0 Å². The van der Waals surface area contributed by atoms with Crippen molar-refractivity contribution in [3.05, 3.63) is 30.3 Å². The maximum absolute atomic E-state index is 10.5. The van der Waals surface area contributed by atoms with Crippen LogP contribution in [0.1, 0.15) is 12.8 Å².